The number of ether oxygens (including phenoxy) is 3. The van der Waals surface area contributed by atoms with E-state index < -0.39 is 34.8 Å². The Morgan fingerprint density at radius 3 is 2.03 bits per heavy atom. The van der Waals surface area contributed by atoms with Crippen LogP contribution in [0.25, 0.3) is 0 Å². The summed E-state index contributed by atoms with van der Waals surface area (Å²) >= 11 is 14.7. The van der Waals surface area contributed by atoms with Gasteiger partial charge in [-0.1, -0.05) is 39.1 Å². The SMILES string of the molecule is C[C@@]1(F)[C@H](OC(=O)c2ccc(Cl)cc2)[C@@H](COC(=O)c2ccc(Cl)cc2)O[C@@H]1Br. The number of hydrogen-bond donors (Lipinski definition) is 0. The average molecular weight is 506 g/mol. The minimum atomic E-state index is -2.04. The minimum absolute atomic E-state index is 0.208. The van der Waals surface area contributed by atoms with Crippen LogP contribution in [-0.4, -0.2) is 41.4 Å². The van der Waals surface area contributed by atoms with E-state index in [0.29, 0.717) is 10.0 Å². The van der Waals surface area contributed by atoms with Crippen LogP contribution in [0.2, 0.25) is 10.0 Å². The lowest BCUT2D eigenvalue weighted by atomic mass is 10.0. The molecule has 0 unspecified atom stereocenters. The van der Waals surface area contributed by atoms with E-state index in [1.54, 1.807) is 12.1 Å². The third kappa shape index (κ3) is 5.09. The zero-order valence-electron chi connectivity index (χ0n) is 15.1. The van der Waals surface area contributed by atoms with E-state index in [0.717, 1.165) is 0 Å². The Kier molecular flexibility index (Phi) is 6.83. The molecule has 0 spiro atoms. The van der Waals surface area contributed by atoms with Crippen LogP contribution in [0.1, 0.15) is 27.6 Å². The molecule has 5 nitrogen and oxygen atoms in total. The normalized spacial score (nSPS) is 26.2. The maximum Gasteiger partial charge on any atom is 0.338 e. The van der Waals surface area contributed by atoms with Crippen molar-refractivity contribution in [2.45, 2.75) is 29.8 Å². The van der Waals surface area contributed by atoms with Crippen molar-refractivity contribution in [1.82, 2.24) is 0 Å². The van der Waals surface area contributed by atoms with Crippen LogP contribution >= 0.6 is 39.1 Å². The van der Waals surface area contributed by atoms with Gasteiger partial charge in [-0.25, -0.2) is 14.0 Å². The lowest BCUT2D eigenvalue weighted by Crippen LogP contribution is -2.44. The summed E-state index contributed by atoms with van der Waals surface area (Å²) in [6.07, 6.45) is -2.30. The Morgan fingerprint density at radius 2 is 1.52 bits per heavy atom. The smallest absolute Gasteiger partial charge is 0.338 e. The molecular weight excluding hydrogens is 490 g/mol. The highest BCUT2D eigenvalue weighted by molar-refractivity contribution is 9.09. The first-order valence-corrected chi connectivity index (χ1v) is 10.2. The van der Waals surface area contributed by atoms with Crippen LogP contribution in [0.15, 0.2) is 48.5 Å². The molecule has 2 aromatic rings. The van der Waals surface area contributed by atoms with Crippen molar-refractivity contribution in [2.24, 2.45) is 0 Å². The van der Waals surface area contributed by atoms with Gasteiger partial charge in [0.2, 0.25) is 0 Å². The number of alkyl halides is 2. The summed E-state index contributed by atoms with van der Waals surface area (Å²) in [5.74, 6) is -1.37. The summed E-state index contributed by atoms with van der Waals surface area (Å²) in [5, 5.41) is -0.115. The lowest BCUT2D eigenvalue weighted by molar-refractivity contribution is -0.0422. The van der Waals surface area contributed by atoms with Crippen molar-refractivity contribution >= 4 is 51.1 Å². The fraction of sp³-hybridized carbons (Fsp3) is 0.300. The summed E-state index contributed by atoms with van der Waals surface area (Å²) < 4.78 is 31.2. The number of hydrogen-bond acceptors (Lipinski definition) is 5. The maximum absolute atomic E-state index is 15.1. The molecule has 0 aliphatic carbocycles. The van der Waals surface area contributed by atoms with Gasteiger partial charge < -0.3 is 14.2 Å². The van der Waals surface area contributed by atoms with E-state index in [9.17, 15) is 9.59 Å². The first-order valence-electron chi connectivity index (χ1n) is 8.56. The van der Waals surface area contributed by atoms with Crippen LogP contribution in [0.4, 0.5) is 4.39 Å². The predicted octanol–water partition coefficient (Wildman–Crippen LogP) is 5.22. The largest absolute Gasteiger partial charge is 0.459 e. The molecule has 0 aromatic heterocycles. The first kappa shape index (κ1) is 22.0. The van der Waals surface area contributed by atoms with Gasteiger partial charge in [-0.15, -0.1) is 0 Å². The Balaban J connectivity index is 1.69. The number of carbonyl (C=O) groups excluding carboxylic acids is 2. The molecule has 1 aliphatic heterocycles. The highest BCUT2D eigenvalue weighted by Crippen LogP contribution is 2.40. The van der Waals surface area contributed by atoms with Crippen LogP contribution in [0.5, 0.6) is 0 Å². The van der Waals surface area contributed by atoms with Crippen molar-refractivity contribution in [3.8, 4) is 0 Å². The van der Waals surface area contributed by atoms with Crippen LogP contribution in [0.3, 0.4) is 0 Å². The van der Waals surface area contributed by atoms with Gasteiger partial charge >= 0.3 is 11.9 Å². The molecule has 0 bridgehead atoms. The molecule has 4 atom stereocenters. The zero-order valence-corrected chi connectivity index (χ0v) is 18.2. The van der Waals surface area contributed by atoms with E-state index >= 15 is 4.39 Å². The summed E-state index contributed by atoms with van der Waals surface area (Å²) in [6.45, 7) is 0.939. The lowest BCUT2D eigenvalue weighted by Gasteiger charge is -2.25. The summed E-state index contributed by atoms with van der Waals surface area (Å²) in [5.41, 5.74) is -1.56. The number of carbonyl (C=O) groups is 2. The first-order chi connectivity index (χ1) is 13.7. The second kappa shape index (κ2) is 9.00. The molecule has 29 heavy (non-hydrogen) atoms. The molecule has 154 valence electrons. The highest BCUT2D eigenvalue weighted by atomic mass is 79.9. The predicted molar refractivity (Wildman–Crippen MR) is 109 cm³/mol. The zero-order chi connectivity index (χ0) is 21.2. The van der Waals surface area contributed by atoms with Crippen LogP contribution in [-0.2, 0) is 14.2 Å². The highest BCUT2D eigenvalue weighted by Gasteiger charge is 2.56. The minimum Gasteiger partial charge on any atom is -0.459 e. The molecule has 0 radical (unpaired) electrons. The fourth-order valence-electron chi connectivity index (χ4n) is 2.76. The van der Waals surface area contributed by atoms with Gasteiger partial charge in [0.15, 0.2) is 16.8 Å². The molecule has 0 saturated carbocycles. The molecular formula is C20H16BrCl2FO5. The van der Waals surface area contributed by atoms with Gasteiger partial charge in [0.25, 0.3) is 0 Å². The van der Waals surface area contributed by atoms with Gasteiger partial charge in [-0.05, 0) is 55.5 Å². The fourth-order valence-corrected chi connectivity index (χ4v) is 3.55. The van der Waals surface area contributed by atoms with E-state index in [1.807, 2.05) is 0 Å². The Labute approximate surface area is 185 Å². The van der Waals surface area contributed by atoms with Crippen molar-refractivity contribution in [3.05, 3.63) is 69.7 Å². The summed E-state index contributed by atoms with van der Waals surface area (Å²) in [6, 6.07) is 12.1. The molecule has 0 amide bonds. The summed E-state index contributed by atoms with van der Waals surface area (Å²) in [7, 11) is 0. The van der Waals surface area contributed by atoms with Gasteiger partial charge in [0.1, 0.15) is 12.7 Å². The number of esters is 2. The Hall–Kier alpha value is -1.67. The van der Waals surface area contributed by atoms with Crippen molar-refractivity contribution in [1.29, 1.82) is 0 Å². The molecule has 1 saturated heterocycles. The molecule has 2 aromatic carbocycles. The van der Waals surface area contributed by atoms with Gasteiger partial charge in [-0.2, -0.15) is 0 Å². The van der Waals surface area contributed by atoms with Crippen molar-refractivity contribution < 1.29 is 28.2 Å². The van der Waals surface area contributed by atoms with Gasteiger partial charge in [-0.3, -0.25) is 0 Å². The standard InChI is InChI=1S/C20H16BrCl2FO5/c1-20(24)16(29-18(26)12-4-8-14(23)9-5-12)15(28-19(20)21)10-27-17(25)11-2-6-13(22)7-3-11/h2-9,15-16,19H,10H2,1H3/t15-,16-,19+,20-/m1/s1. The monoisotopic (exact) mass is 504 g/mol. The molecule has 1 aliphatic rings. The molecule has 1 heterocycles. The Bertz CT molecular complexity index is 889. The molecule has 1 fully saturated rings. The quantitative estimate of drug-likeness (QED) is 0.411. The third-order valence-electron chi connectivity index (χ3n) is 4.40. The second-order valence-corrected chi connectivity index (χ2v) is 8.28. The van der Waals surface area contributed by atoms with E-state index in [2.05, 4.69) is 15.9 Å². The molecule has 9 heteroatoms. The number of rotatable bonds is 5. The van der Waals surface area contributed by atoms with Crippen LogP contribution < -0.4 is 0 Å². The van der Waals surface area contributed by atoms with Crippen molar-refractivity contribution in [2.75, 3.05) is 6.61 Å². The molecule has 3 rings (SSSR count). The van der Waals surface area contributed by atoms with E-state index in [4.69, 9.17) is 37.4 Å². The average Bonchev–Trinajstić information content (AvgIpc) is 2.90. The second-order valence-electron chi connectivity index (χ2n) is 6.58. The van der Waals surface area contributed by atoms with E-state index in [-0.39, 0.29) is 17.7 Å². The Morgan fingerprint density at radius 1 is 1.03 bits per heavy atom. The van der Waals surface area contributed by atoms with Crippen LogP contribution in [0, 0.1) is 0 Å². The van der Waals surface area contributed by atoms with E-state index in [1.165, 1.54) is 43.3 Å². The number of halogens is 4. The molecule has 0 N–H and O–H groups in total. The third-order valence-corrected chi connectivity index (χ3v) is 6.02. The topological polar surface area (TPSA) is 61.8 Å². The maximum atomic E-state index is 15.1. The summed E-state index contributed by atoms with van der Waals surface area (Å²) in [4.78, 5) is 24.6. The van der Waals surface area contributed by atoms with Gasteiger partial charge in [0, 0.05) is 10.0 Å². The van der Waals surface area contributed by atoms with Gasteiger partial charge in [0.05, 0.1) is 11.1 Å². The van der Waals surface area contributed by atoms with Crippen molar-refractivity contribution in [3.63, 3.8) is 0 Å². The number of benzene rings is 2.